The van der Waals surface area contributed by atoms with Crippen molar-refractivity contribution in [3.05, 3.63) is 76.9 Å². The van der Waals surface area contributed by atoms with Crippen LogP contribution in [0.25, 0.3) is 33.1 Å². The number of hydrogen-bond donors (Lipinski definition) is 0. The molecule has 1 atom stereocenters. The Morgan fingerprint density at radius 3 is 2.61 bits per heavy atom. The van der Waals surface area contributed by atoms with Crippen LogP contribution in [-0.4, -0.2) is 28.2 Å². The predicted octanol–water partition coefficient (Wildman–Crippen LogP) is 5.88. The number of halogens is 4. The third kappa shape index (κ3) is 4.99. The summed E-state index contributed by atoms with van der Waals surface area (Å²) in [4.78, 5) is 11.1. The maximum atomic E-state index is 13.0. The van der Waals surface area contributed by atoms with Gasteiger partial charge in [0.25, 0.3) is 0 Å². The zero-order valence-corrected chi connectivity index (χ0v) is 20.8. The van der Waals surface area contributed by atoms with E-state index in [0.29, 0.717) is 49.6 Å². The van der Waals surface area contributed by atoms with Crippen molar-refractivity contribution in [3.8, 4) is 22.8 Å². The summed E-state index contributed by atoms with van der Waals surface area (Å²) in [6, 6.07) is 16.0. The van der Waals surface area contributed by atoms with Crippen LogP contribution in [0.5, 0.6) is 11.5 Å². The Labute approximate surface area is 218 Å². The third-order valence-electron chi connectivity index (χ3n) is 6.08. The number of alkyl halides is 3. The summed E-state index contributed by atoms with van der Waals surface area (Å²) < 4.78 is 55.9. The zero-order valence-electron chi connectivity index (χ0n) is 20.0. The number of carboxylic acid groups (broad SMARTS) is 1. The van der Waals surface area contributed by atoms with Crippen LogP contribution in [-0.2, 0) is 11.3 Å². The van der Waals surface area contributed by atoms with E-state index >= 15 is 0 Å². The number of benzene rings is 3. The summed E-state index contributed by atoms with van der Waals surface area (Å²) in [5.41, 5.74) is 3.57. The van der Waals surface area contributed by atoms with Crippen molar-refractivity contribution < 1.29 is 37.1 Å². The number of ether oxygens (including phenoxy) is 2. The zero-order chi connectivity index (χ0) is 27.2. The van der Waals surface area contributed by atoms with Crippen LogP contribution >= 0.6 is 11.6 Å². The fourth-order valence-electron chi connectivity index (χ4n) is 4.40. The lowest BCUT2D eigenvalue weighted by Crippen LogP contribution is -2.37. The quantitative estimate of drug-likeness (QED) is 0.255. The van der Waals surface area contributed by atoms with Crippen molar-refractivity contribution in [2.75, 3.05) is 0 Å². The molecule has 7 nitrogen and oxygen atoms in total. The molecule has 3 aromatic carbocycles. The van der Waals surface area contributed by atoms with Gasteiger partial charge in [0, 0.05) is 45.7 Å². The van der Waals surface area contributed by atoms with Gasteiger partial charge in [0.05, 0.1) is 11.5 Å². The maximum Gasteiger partial charge on any atom is 0.573 e. The van der Waals surface area contributed by atoms with E-state index < -0.39 is 18.4 Å². The van der Waals surface area contributed by atoms with Crippen LogP contribution in [0.2, 0.25) is 5.02 Å². The molecule has 0 N–H and O–H groups in total. The average molecular weight is 544 g/mol. The molecular formula is C27H19ClF3N2O5-. The molecular weight excluding hydrogens is 525 g/mol. The molecule has 196 valence electrons. The van der Waals surface area contributed by atoms with Gasteiger partial charge in [-0.1, -0.05) is 28.9 Å². The normalized spacial score (nSPS) is 12.7. The number of aromatic nitrogens is 2. The van der Waals surface area contributed by atoms with Gasteiger partial charge >= 0.3 is 6.36 Å². The van der Waals surface area contributed by atoms with E-state index in [-0.39, 0.29) is 12.3 Å². The van der Waals surface area contributed by atoms with Crippen molar-refractivity contribution >= 4 is 39.4 Å². The molecule has 0 unspecified atom stereocenters. The van der Waals surface area contributed by atoms with Gasteiger partial charge in [-0.05, 0) is 55.8 Å². The van der Waals surface area contributed by atoms with E-state index in [0.717, 1.165) is 5.56 Å². The molecule has 5 aromatic rings. The fraction of sp³-hybridized carbons (Fsp3) is 0.185. The number of carbonyl (C=O) groups is 1. The number of hydrogen-bond acceptors (Lipinski definition) is 6. The van der Waals surface area contributed by atoms with Crippen molar-refractivity contribution in [1.29, 1.82) is 0 Å². The Morgan fingerprint density at radius 1 is 1.11 bits per heavy atom. The van der Waals surface area contributed by atoms with Crippen LogP contribution in [0.4, 0.5) is 13.2 Å². The Morgan fingerprint density at radius 2 is 1.87 bits per heavy atom. The van der Waals surface area contributed by atoms with Gasteiger partial charge in [-0.15, -0.1) is 13.2 Å². The number of aliphatic carboxylic acids is 1. The highest BCUT2D eigenvalue weighted by atomic mass is 35.5. The average Bonchev–Trinajstić information content (AvgIpc) is 3.36. The second-order valence-electron chi connectivity index (χ2n) is 8.67. The highest BCUT2D eigenvalue weighted by Gasteiger charge is 2.31. The predicted molar refractivity (Wildman–Crippen MR) is 132 cm³/mol. The summed E-state index contributed by atoms with van der Waals surface area (Å²) in [5.74, 6) is -1.41. The lowest BCUT2D eigenvalue weighted by molar-refractivity contribution is -0.312. The van der Waals surface area contributed by atoms with Crippen molar-refractivity contribution in [3.63, 3.8) is 0 Å². The van der Waals surface area contributed by atoms with Crippen LogP contribution in [0, 0.1) is 6.92 Å². The van der Waals surface area contributed by atoms with Gasteiger partial charge in [0.1, 0.15) is 23.3 Å². The van der Waals surface area contributed by atoms with Gasteiger partial charge in [-0.25, -0.2) is 0 Å². The molecule has 0 aliphatic carbocycles. The Kier molecular flexibility index (Phi) is 6.44. The first-order chi connectivity index (χ1) is 18.0. The summed E-state index contributed by atoms with van der Waals surface area (Å²) in [7, 11) is 0. The highest BCUT2D eigenvalue weighted by molar-refractivity contribution is 6.31. The summed E-state index contributed by atoms with van der Waals surface area (Å²) in [6.07, 6.45) is -6.02. The molecule has 0 aliphatic rings. The number of fused-ring (bicyclic) bond motifs is 2. The molecule has 0 saturated heterocycles. The summed E-state index contributed by atoms with van der Waals surface area (Å²) in [6.45, 7) is 3.42. The second-order valence-corrected chi connectivity index (χ2v) is 9.11. The third-order valence-corrected chi connectivity index (χ3v) is 6.32. The number of nitrogens with zero attached hydrogens (tertiary/aromatic N) is 2. The lowest BCUT2D eigenvalue weighted by Gasteiger charge is -2.16. The van der Waals surface area contributed by atoms with E-state index in [1.54, 1.807) is 48.5 Å². The van der Waals surface area contributed by atoms with Crippen LogP contribution in [0.1, 0.15) is 18.2 Å². The van der Waals surface area contributed by atoms with Crippen LogP contribution < -0.4 is 14.6 Å². The monoisotopic (exact) mass is 543 g/mol. The molecule has 0 spiro atoms. The maximum absolute atomic E-state index is 13.0. The van der Waals surface area contributed by atoms with Crippen LogP contribution in [0.15, 0.2) is 65.2 Å². The summed E-state index contributed by atoms with van der Waals surface area (Å²) in [5, 5.41) is 17.1. The number of carboxylic acids is 1. The van der Waals surface area contributed by atoms with E-state index in [2.05, 4.69) is 9.89 Å². The van der Waals surface area contributed by atoms with E-state index in [1.165, 1.54) is 19.1 Å². The minimum Gasteiger partial charge on any atom is -0.546 e. The first-order valence-corrected chi connectivity index (χ1v) is 11.8. The van der Waals surface area contributed by atoms with E-state index in [1.807, 2.05) is 11.5 Å². The fourth-order valence-corrected chi connectivity index (χ4v) is 4.56. The number of carbonyl (C=O) groups excluding carboxylic acids is 1. The minimum absolute atomic E-state index is 0.232. The molecule has 0 fully saturated rings. The van der Waals surface area contributed by atoms with Gasteiger partial charge in [0.2, 0.25) is 0 Å². The van der Waals surface area contributed by atoms with E-state index in [9.17, 15) is 23.1 Å². The SMILES string of the molecule is Cc1c(-c2noc3cc(Cl)ccc23)c2ccc(OC(F)(F)F)cc2n1Cc1cccc(O[C@@H](C)C(=O)[O-])c1. The van der Waals surface area contributed by atoms with Crippen LogP contribution in [0.3, 0.4) is 0 Å². The molecule has 11 heteroatoms. The van der Waals surface area contributed by atoms with Gasteiger partial charge in [-0.3, -0.25) is 0 Å². The lowest BCUT2D eigenvalue weighted by atomic mass is 10.0. The molecule has 2 heterocycles. The Balaban J connectivity index is 1.65. The summed E-state index contributed by atoms with van der Waals surface area (Å²) >= 11 is 6.08. The van der Waals surface area contributed by atoms with Crippen molar-refractivity contribution in [2.45, 2.75) is 32.9 Å². The first kappa shape index (κ1) is 25.5. The van der Waals surface area contributed by atoms with Crippen molar-refractivity contribution in [1.82, 2.24) is 9.72 Å². The van der Waals surface area contributed by atoms with Crippen molar-refractivity contribution in [2.24, 2.45) is 0 Å². The largest absolute Gasteiger partial charge is 0.573 e. The van der Waals surface area contributed by atoms with Gasteiger partial charge in [-0.2, -0.15) is 0 Å². The topological polar surface area (TPSA) is 89.6 Å². The first-order valence-electron chi connectivity index (χ1n) is 11.4. The second kappa shape index (κ2) is 9.60. The molecule has 0 amide bonds. The molecule has 5 rings (SSSR count). The molecule has 0 saturated carbocycles. The Bertz CT molecular complexity index is 1680. The highest BCUT2D eigenvalue weighted by Crippen LogP contribution is 2.40. The Hall–Kier alpha value is -4.18. The smallest absolute Gasteiger partial charge is 0.546 e. The minimum atomic E-state index is -4.86. The van der Waals surface area contributed by atoms with E-state index in [4.69, 9.17) is 20.9 Å². The number of rotatable bonds is 7. The molecule has 0 radical (unpaired) electrons. The van der Waals surface area contributed by atoms with Gasteiger partial charge in [0.15, 0.2) is 5.58 Å². The standard InChI is InChI=1S/C27H20ClF3N2O5/c1-14-24(25-21-8-6-17(28)11-23(21)38-32-25)20-9-7-19(37-27(29,30)31)12-22(20)33(14)13-16-4-3-5-18(10-16)36-15(2)26(34)35/h3-12,15H,13H2,1-2H3,(H,34,35)/p-1/t15-/m0/s1. The molecule has 2 aromatic heterocycles. The van der Waals surface area contributed by atoms with Gasteiger partial charge < -0.3 is 28.5 Å². The molecule has 0 bridgehead atoms. The molecule has 0 aliphatic heterocycles. The molecule has 38 heavy (non-hydrogen) atoms.